The number of non-ortho nitro benzene ring substituents is 1. The molecule has 3 rings (SSSR count). The molecule has 1 aliphatic rings. The third kappa shape index (κ3) is 2.72. The monoisotopic (exact) mass is 349 g/mol. The number of nitrogens with zero attached hydrogens (tertiary/aromatic N) is 3. The molecule has 1 heterocycles. The van der Waals surface area contributed by atoms with Crippen molar-refractivity contribution >= 4 is 21.4 Å². The number of nitro groups is 2. The average Bonchev–Trinajstić information content (AvgIpc) is 3.36. The van der Waals surface area contributed by atoms with Gasteiger partial charge in [0.15, 0.2) is 4.90 Å². The Kier molecular flexibility index (Phi) is 3.78. The van der Waals surface area contributed by atoms with Crippen LogP contribution in [-0.2, 0) is 10.0 Å². The number of rotatable bonds is 5. The van der Waals surface area contributed by atoms with Gasteiger partial charge in [-0.15, -0.1) is 0 Å². The van der Waals surface area contributed by atoms with E-state index < -0.39 is 31.6 Å². The van der Waals surface area contributed by atoms with Crippen molar-refractivity contribution < 1.29 is 18.3 Å². The molecular weight excluding hydrogens is 338 g/mol. The third-order valence-corrected chi connectivity index (χ3v) is 5.60. The summed E-state index contributed by atoms with van der Waals surface area (Å²) in [7, 11) is -4.05. The van der Waals surface area contributed by atoms with E-state index in [9.17, 15) is 28.6 Å². The standard InChI is InChI=1S/C14H11N3O6S/c18-16(19)11-5-3-4-10(8-11)13-9-15(13)24(22,23)14-7-2-1-6-12(14)17(20)21/h1-8,13H,9H2/t13-,15?/m0/s1. The van der Waals surface area contributed by atoms with E-state index in [0.29, 0.717) is 5.56 Å². The quantitative estimate of drug-likeness (QED) is 0.463. The molecular formula is C14H11N3O6S. The minimum Gasteiger partial charge on any atom is -0.258 e. The van der Waals surface area contributed by atoms with Crippen LogP contribution in [-0.4, -0.2) is 29.1 Å². The Bertz CT molecular complexity index is 943. The Labute approximate surface area is 136 Å². The molecule has 9 nitrogen and oxygen atoms in total. The topological polar surface area (TPSA) is 123 Å². The molecule has 0 aromatic heterocycles. The summed E-state index contributed by atoms with van der Waals surface area (Å²) in [6, 6.07) is 10.2. The van der Waals surface area contributed by atoms with Crippen LogP contribution < -0.4 is 0 Å². The zero-order valence-corrected chi connectivity index (χ0v) is 12.9. The van der Waals surface area contributed by atoms with E-state index in [1.54, 1.807) is 6.07 Å². The van der Waals surface area contributed by atoms with Crippen molar-refractivity contribution in [2.24, 2.45) is 0 Å². The summed E-state index contributed by atoms with van der Waals surface area (Å²) in [6.07, 6.45) is 0. The molecule has 10 heteroatoms. The van der Waals surface area contributed by atoms with Crippen molar-refractivity contribution in [3.8, 4) is 0 Å². The fourth-order valence-electron chi connectivity index (χ4n) is 2.46. The first kappa shape index (κ1) is 16.0. The molecule has 0 N–H and O–H groups in total. The van der Waals surface area contributed by atoms with Gasteiger partial charge in [0.2, 0.25) is 0 Å². The molecule has 2 aromatic carbocycles. The predicted octanol–water partition coefficient (Wildman–Crippen LogP) is 2.25. The number of hydrogen-bond donors (Lipinski definition) is 0. The zero-order valence-electron chi connectivity index (χ0n) is 12.1. The van der Waals surface area contributed by atoms with Crippen LogP contribution in [0.4, 0.5) is 11.4 Å². The SMILES string of the molecule is O=[N+]([O-])c1cccc([C@@H]2CN2S(=O)(=O)c2ccccc2[N+](=O)[O-])c1. The van der Waals surface area contributed by atoms with Gasteiger partial charge in [0.05, 0.1) is 15.9 Å². The third-order valence-electron chi connectivity index (χ3n) is 3.68. The second-order valence-corrected chi connectivity index (χ2v) is 7.03. The van der Waals surface area contributed by atoms with Crippen LogP contribution in [0.25, 0.3) is 0 Å². The van der Waals surface area contributed by atoms with E-state index in [1.807, 2.05) is 0 Å². The summed E-state index contributed by atoms with van der Waals surface area (Å²) in [4.78, 5) is 20.1. The summed E-state index contributed by atoms with van der Waals surface area (Å²) in [5, 5.41) is 21.8. The van der Waals surface area contributed by atoms with E-state index in [2.05, 4.69) is 0 Å². The van der Waals surface area contributed by atoms with Gasteiger partial charge in [-0.3, -0.25) is 20.2 Å². The molecule has 0 aliphatic carbocycles. The first-order chi connectivity index (χ1) is 11.3. The largest absolute Gasteiger partial charge is 0.289 e. The van der Waals surface area contributed by atoms with Crippen molar-refractivity contribution in [2.45, 2.75) is 10.9 Å². The molecule has 0 radical (unpaired) electrons. The van der Waals surface area contributed by atoms with E-state index >= 15 is 0 Å². The van der Waals surface area contributed by atoms with Crippen molar-refractivity contribution in [3.05, 3.63) is 74.3 Å². The molecule has 2 atom stereocenters. The van der Waals surface area contributed by atoms with E-state index in [1.165, 1.54) is 36.4 Å². The van der Waals surface area contributed by atoms with Crippen molar-refractivity contribution in [1.82, 2.24) is 4.31 Å². The van der Waals surface area contributed by atoms with Gasteiger partial charge in [0.25, 0.3) is 21.4 Å². The number of benzene rings is 2. The summed E-state index contributed by atoms with van der Waals surface area (Å²) >= 11 is 0. The second kappa shape index (κ2) is 5.65. The van der Waals surface area contributed by atoms with E-state index in [0.717, 1.165) is 10.4 Å². The summed E-state index contributed by atoms with van der Waals surface area (Å²) < 4.78 is 26.3. The molecule has 124 valence electrons. The van der Waals surface area contributed by atoms with E-state index in [4.69, 9.17) is 0 Å². The maximum Gasteiger partial charge on any atom is 0.289 e. The number of hydrogen-bond acceptors (Lipinski definition) is 6. The van der Waals surface area contributed by atoms with Gasteiger partial charge in [-0.25, -0.2) is 8.42 Å². The molecule has 2 aromatic rings. The number of sulfonamides is 1. The maximum absolute atomic E-state index is 12.6. The number of para-hydroxylation sites is 1. The highest BCUT2D eigenvalue weighted by molar-refractivity contribution is 7.89. The highest BCUT2D eigenvalue weighted by Crippen LogP contribution is 2.42. The van der Waals surface area contributed by atoms with Gasteiger partial charge in [-0.1, -0.05) is 24.3 Å². The van der Waals surface area contributed by atoms with Crippen LogP contribution in [0.15, 0.2) is 53.4 Å². The summed E-state index contributed by atoms with van der Waals surface area (Å²) in [5.41, 5.74) is -0.156. The highest BCUT2D eigenvalue weighted by Gasteiger charge is 2.47. The van der Waals surface area contributed by atoms with Gasteiger partial charge in [0, 0.05) is 24.7 Å². The van der Waals surface area contributed by atoms with Crippen LogP contribution in [0.5, 0.6) is 0 Å². The minimum atomic E-state index is -4.05. The van der Waals surface area contributed by atoms with Gasteiger partial charge in [0.1, 0.15) is 0 Å². The summed E-state index contributed by atoms with van der Waals surface area (Å²) in [5.74, 6) is 0. The van der Waals surface area contributed by atoms with Crippen LogP contribution in [0, 0.1) is 20.2 Å². The maximum atomic E-state index is 12.6. The van der Waals surface area contributed by atoms with Gasteiger partial charge in [-0.05, 0) is 11.6 Å². The smallest absolute Gasteiger partial charge is 0.258 e. The lowest BCUT2D eigenvalue weighted by Gasteiger charge is -2.07. The molecule has 1 saturated heterocycles. The fourth-order valence-corrected chi connectivity index (χ4v) is 4.16. The molecule has 1 aliphatic heterocycles. The Morgan fingerprint density at radius 3 is 2.38 bits per heavy atom. The lowest BCUT2D eigenvalue weighted by atomic mass is 10.1. The lowest BCUT2D eigenvalue weighted by molar-refractivity contribution is -0.387. The first-order valence-electron chi connectivity index (χ1n) is 6.82. The van der Waals surface area contributed by atoms with Crippen LogP contribution >= 0.6 is 0 Å². The van der Waals surface area contributed by atoms with Crippen molar-refractivity contribution in [2.75, 3.05) is 6.54 Å². The normalized spacial score (nSPS) is 19.7. The minimum absolute atomic E-state index is 0.121. The van der Waals surface area contributed by atoms with E-state index in [-0.39, 0.29) is 17.1 Å². The van der Waals surface area contributed by atoms with Gasteiger partial charge < -0.3 is 0 Å². The predicted molar refractivity (Wildman–Crippen MR) is 82.8 cm³/mol. The average molecular weight is 349 g/mol. The zero-order chi connectivity index (χ0) is 17.5. The molecule has 1 unspecified atom stereocenters. The van der Waals surface area contributed by atoms with Gasteiger partial charge in [-0.2, -0.15) is 4.31 Å². The van der Waals surface area contributed by atoms with Gasteiger partial charge >= 0.3 is 0 Å². The molecule has 0 amide bonds. The lowest BCUT2D eigenvalue weighted by Crippen LogP contribution is -2.14. The molecule has 24 heavy (non-hydrogen) atoms. The second-order valence-electron chi connectivity index (χ2n) is 5.17. The Balaban J connectivity index is 1.93. The Hall–Kier alpha value is -2.85. The van der Waals surface area contributed by atoms with Crippen LogP contribution in [0.2, 0.25) is 0 Å². The molecule has 1 fully saturated rings. The molecule has 0 bridgehead atoms. The van der Waals surface area contributed by atoms with Crippen LogP contribution in [0.1, 0.15) is 11.6 Å². The fraction of sp³-hybridized carbons (Fsp3) is 0.143. The van der Waals surface area contributed by atoms with Crippen molar-refractivity contribution in [1.29, 1.82) is 0 Å². The molecule has 0 spiro atoms. The summed E-state index contributed by atoms with van der Waals surface area (Å²) in [6.45, 7) is 0.121. The van der Waals surface area contributed by atoms with Crippen LogP contribution in [0.3, 0.4) is 0 Å². The number of nitro benzene ring substituents is 2. The Morgan fingerprint density at radius 1 is 1.00 bits per heavy atom. The highest BCUT2D eigenvalue weighted by atomic mass is 32.2. The Morgan fingerprint density at radius 2 is 1.71 bits per heavy atom. The first-order valence-corrected chi connectivity index (χ1v) is 8.26. The van der Waals surface area contributed by atoms with Crippen molar-refractivity contribution in [3.63, 3.8) is 0 Å². The molecule has 0 saturated carbocycles.